The van der Waals surface area contributed by atoms with Crippen LogP contribution < -0.4 is 0 Å². The van der Waals surface area contributed by atoms with Gasteiger partial charge in [0.2, 0.25) is 0 Å². The maximum absolute atomic E-state index is 11.1. The summed E-state index contributed by atoms with van der Waals surface area (Å²) in [7, 11) is 0. The Morgan fingerprint density at radius 3 is 2.67 bits per heavy atom. The van der Waals surface area contributed by atoms with Crippen LogP contribution >= 0.6 is 0 Å². The Balaban J connectivity index is 2.59. The first-order valence-corrected chi connectivity index (χ1v) is 3.67. The highest BCUT2D eigenvalue weighted by atomic mass is 16.5. The number of esters is 1. The van der Waals surface area contributed by atoms with E-state index in [9.17, 15) is 4.79 Å². The van der Waals surface area contributed by atoms with Gasteiger partial charge in [0.25, 0.3) is 0 Å². The number of hydrogen-bond donors (Lipinski definition) is 0. The summed E-state index contributed by atoms with van der Waals surface area (Å²) in [5.74, 6) is -0.310. The molecule has 0 heterocycles. The molecule has 0 aromatic heterocycles. The molecule has 1 rings (SSSR count). The summed E-state index contributed by atoms with van der Waals surface area (Å²) < 4.78 is 4.82. The van der Waals surface area contributed by atoms with Gasteiger partial charge in [0, 0.05) is 0 Å². The van der Waals surface area contributed by atoms with E-state index in [0.29, 0.717) is 5.56 Å². The third-order valence-electron chi connectivity index (χ3n) is 1.34. The molecule has 0 atom stereocenters. The van der Waals surface area contributed by atoms with Crippen LogP contribution in [0.3, 0.4) is 0 Å². The van der Waals surface area contributed by atoms with E-state index in [2.05, 4.69) is 6.58 Å². The van der Waals surface area contributed by atoms with Crippen LogP contribution in [0.4, 0.5) is 0 Å². The molecule has 1 aromatic carbocycles. The summed E-state index contributed by atoms with van der Waals surface area (Å²) in [4.78, 5) is 11.1. The Bertz CT molecular complexity index is 264. The van der Waals surface area contributed by atoms with E-state index in [0.717, 1.165) is 0 Å². The lowest BCUT2D eigenvalue weighted by molar-refractivity contribution is 0.0550. The average Bonchev–Trinajstić information content (AvgIpc) is 2.15. The Kier molecular flexibility index (Phi) is 3.08. The number of ether oxygens (including phenoxy) is 1. The van der Waals surface area contributed by atoms with Crippen LogP contribution in [0, 0.1) is 0 Å². The number of rotatable bonds is 3. The van der Waals surface area contributed by atoms with Gasteiger partial charge in [-0.2, -0.15) is 0 Å². The Labute approximate surface area is 71.5 Å². The summed E-state index contributed by atoms with van der Waals surface area (Å²) in [5, 5.41) is 0. The molecule has 0 aliphatic carbocycles. The van der Waals surface area contributed by atoms with Gasteiger partial charge in [-0.3, -0.25) is 0 Å². The highest BCUT2D eigenvalue weighted by molar-refractivity contribution is 5.89. The van der Waals surface area contributed by atoms with Crippen molar-refractivity contribution in [3.63, 3.8) is 0 Å². The summed E-state index contributed by atoms with van der Waals surface area (Å²) in [6, 6.07) is 8.87. The topological polar surface area (TPSA) is 26.3 Å². The predicted octanol–water partition coefficient (Wildman–Crippen LogP) is 2.03. The molecule has 0 aliphatic heterocycles. The zero-order chi connectivity index (χ0) is 8.81. The molecule has 0 amide bonds. The van der Waals surface area contributed by atoms with Crippen molar-refractivity contribution in [3.05, 3.63) is 48.6 Å². The fourth-order valence-electron chi connectivity index (χ4n) is 0.792. The van der Waals surface area contributed by atoms with Crippen molar-refractivity contribution in [2.45, 2.75) is 0 Å². The minimum atomic E-state index is -0.310. The van der Waals surface area contributed by atoms with Crippen LogP contribution in [0.25, 0.3) is 0 Å². The van der Waals surface area contributed by atoms with Gasteiger partial charge < -0.3 is 4.74 Å². The molecule has 62 valence electrons. The standard InChI is InChI=1S/C10H10O2/c1-2-8-12-10(11)9-6-4-3-5-7-9/h2-7H,1,8H2/i1+1. The fourth-order valence-corrected chi connectivity index (χ4v) is 0.792. The number of carbonyl (C=O) groups is 1. The fraction of sp³-hybridized carbons (Fsp3) is 0.100. The van der Waals surface area contributed by atoms with Gasteiger partial charge in [-0.15, -0.1) is 0 Å². The van der Waals surface area contributed by atoms with E-state index in [4.69, 9.17) is 4.74 Å². The monoisotopic (exact) mass is 163 g/mol. The van der Waals surface area contributed by atoms with Crippen molar-refractivity contribution < 1.29 is 9.53 Å². The SMILES string of the molecule is [13CH2]=CCOC(=O)c1ccccc1. The van der Waals surface area contributed by atoms with Crippen molar-refractivity contribution >= 4 is 5.97 Å². The zero-order valence-electron chi connectivity index (χ0n) is 6.69. The Hall–Kier alpha value is -1.57. The van der Waals surface area contributed by atoms with E-state index in [1.165, 1.54) is 0 Å². The van der Waals surface area contributed by atoms with Crippen LogP contribution in [0.1, 0.15) is 10.4 Å². The van der Waals surface area contributed by atoms with Gasteiger partial charge in [0.1, 0.15) is 6.61 Å². The number of carbonyl (C=O) groups excluding carboxylic acids is 1. The van der Waals surface area contributed by atoms with Crippen molar-refractivity contribution in [1.82, 2.24) is 0 Å². The van der Waals surface area contributed by atoms with Gasteiger partial charge in [-0.05, 0) is 12.1 Å². The highest BCUT2D eigenvalue weighted by Crippen LogP contribution is 2.00. The van der Waals surface area contributed by atoms with Crippen LogP contribution in [0.15, 0.2) is 43.0 Å². The molecule has 0 saturated heterocycles. The second-order valence-electron chi connectivity index (χ2n) is 2.25. The molecule has 0 unspecified atom stereocenters. The van der Waals surface area contributed by atoms with Crippen LogP contribution in [0.5, 0.6) is 0 Å². The van der Waals surface area contributed by atoms with Gasteiger partial charge in [0.15, 0.2) is 0 Å². The summed E-state index contributed by atoms with van der Waals surface area (Å²) in [5.41, 5.74) is 0.569. The van der Waals surface area contributed by atoms with Crippen molar-refractivity contribution in [2.24, 2.45) is 0 Å². The Morgan fingerprint density at radius 1 is 1.42 bits per heavy atom. The van der Waals surface area contributed by atoms with E-state index in [1.54, 1.807) is 30.3 Å². The molecular weight excluding hydrogens is 153 g/mol. The van der Waals surface area contributed by atoms with Gasteiger partial charge in [0.05, 0.1) is 5.56 Å². The number of hydrogen-bond acceptors (Lipinski definition) is 2. The van der Waals surface area contributed by atoms with Crippen LogP contribution in [-0.2, 0) is 4.74 Å². The lowest BCUT2D eigenvalue weighted by atomic mass is 10.2. The quantitative estimate of drug-likeness (QED) is 0.387. The van der Waals surface area contributed by atoms with Crippen molar-refractivity contribution in [3.8, 4) is 0 Å². The highest BCUT2D eigenvalue weighted by Gasteiger charge is 2.02. The van der Waals surface area contributed by atoms with Crippen molar-refractivity contribution in [1.29, 1.82) is 0 Å². The lowest BCUT2D eigenvalue weighted by Gasteiger charge is -1.99. The number of benzene rings is 1. The average molecular weight is 163 g/mol. The first kappa shape index (κ1) is 8.53. The minimum Gasteiger partial charge on any atom is -0.458 e. The zero-order valence-corrected chi connectivity index (χ0v) is 6.69. The molecule has 0 saturated carbocycles. The van der Waals surface area contributed by atoms with E-state index < -0.39 is 0 Å². The van der Waals surface area contributed by atoms with E-state index in [-0.39, 0.29) is 12.6 Å². The molecular formula is C10H10O2. The Morgan fingerprint density at radius 2 is 2.08 bits per heavy atom. The lowest BCUT2D eigenvalue weighted by Crippen LogP contribution is -2.04. The van der Waals surface area contributed by atoms with Gasteiger partial charge in [-0.1, -0.05) is 30.9 Å². The summed E-state index contributed by atoms with van der Waals surface area (Å²) >= 11 is 0. The molecule has 0 fully saturated rings. The third kappa shape index (κ3) is 2.23. The predicted molar refractivity (Wildman–Crippen MR) is 46.9 cm³/mol. The maximum atomic E-state index is 11.1. The largest absolute Gasteiger partial charge is 0.458 e. The molecule has 12 heavy (non-hydrogen) atoms. The van der Waals surface area contributed by atoms with E-state index in [1.807, 2.05) is 6.07 Å². The van der Waals surface area contributed by atoms with E-state index >= 15 is 0 Å². The summed E-state index contributed by atoms with van der Waals surface area (Å²) in [6.45, 7) is 3.71. The molecule has 0 spiro atoms. The smallest absolute Gasteiger partial charge is 0.338 e. The minimum absolute atomic E-state index is 0.258. The molecule has 1 aromatic rings. The van der Waals surface area contributed by atoms with Crippen LogP contribution in [-0.4, -0.2) is 12.6 Å². The third-order valence-corrected chi connectivity index (χ3v) is 1.34. The molecule has 0 bridgehead atoms. The second kappa shape index (κ2) is 4.34. The first-order chi connectivity index (χ1) is 5.84. The van der Waals surface area contributed by atoms with Crippen LogP contribution in [0.2, 0.25) is 0 Å². The normalized spacial score (nSPS) is 9.00. The summed E-state index contributed by atoms with van der Waals surface area (Å²) in [6.07, 6.45) is 1.54. The molecule has 0 N–H and O–H groups in total. The molecule has 0 radical (unpaired) electrons. The van der Waals surface area contributed by atoms with Gasteiger partial charge in [-0.25, -0.2) is 4.79 Å². The first-order valence-electron chi connectivity index (χ1n) is 3.67. The van der Waals surface area contributed by atoms with Crippen molar-refractivity contribution in [2.75, 3.05) is 6.61 Å². The molecule has 2 nitrogen and oxygen atoms in total. The maximum Gasteiger partial charge on any atom is 0.338 e. The molecule has 2 heteroatoms. The molecule has 0 aliphatic rings. The van der Waals surface area contributed by atoms with Gasteiger partial charge >= 0.3 is 5.97 Å². The second-order valence-corrected chi connectivity index (χ2v) is 2.25.